The summed E-state index contributed by atoms with van der Waals surface area (Å²) in [5.74, 6) is 0.935. The molecule has 28 heavy (non-hydrogen) atoms. The van der Waals surface area contributed by atoms with E-state index in [1.165, 1.54) is 23.5 Å². The number of hydrogen-bond acceptors (Lipinski definition) is 6. The number of aryl methyl sites for hydroxylation is 1. The molecule has 0 radical (unpaired) electrons. The van der Waals surface area contributed by atoms with Crippen LogP contribution in [0.5, 0.6) is 0 Å². The molecule has 0 unspecified atom stereocenters. The molecule has 0 saturated heterocycles. The first-order chi connectivity index (χ1) is 13.0. The van der Waals surface area contributed by atoms with Crippen LogP contribution in [0.1, 0.15) is 37.0 Å². The Kier molecular flexibility index (Phi) is 5.42. The number of carbonyl (C=O) groups is 1. The van der Waals surface area contributed by atoms with Gasteiger partial charge in [-0.1, -0.05) is 6.07 Å². The number of nitrogens with zero attached hydrogens (tertiary/aromatic N) is 1. The maximum atomic E-state index is 12.5. The van der Waals surface area contributed by atoms with Crippen molar-refractivity contribution in [3.63, 3.8) is 0 Å². The van der Waals surface area contributed by atoms with E-state index in [-0.39, 0.29) is 10.6 Å². The second kappa shape index (κ2) is 7.50. The fraction of sp³-hybridized carbons (Fsp3) is 0.263. The monoisotopic (exact) mass is 419 g/mol. The standard InChI is InChI=1S/C19H21N3O4S2/c1-12-8-9-16(26-12)18-21-15(11-27-18)17(23)20-13-6-5-7-14(10-13)28(24,25)22-19(2,3)4/h5-11,22H,1-4H3,(H,20,23). The lowest BCUT2D eigenvalue weighted by Gasteiger charge is -2.20. The van der Waals surface area contributed by atoms with Crippen molar-refractivity contribution in [1.82, 2.24) is 9.71 Å². The average Bonchev–Trinajstić information content (AvgIpc) is 3.21. The molecule has 9 heteroatoms. The van der Waals surface area contributed by atoms with Gasteiger partial charge in [-0.15, -0.1) is 11.3 Å². The van der Waals surface area contributed by atoms with Crippen LogP contribution in [0, 0.1) is 6.92 Å². The highest BCUT2D eigenvalue weighted by atomic mass is 32.2. The molecular weight excluding hydrogens is 398 g/mol. The Morgan fingerprint density at radius 3 is 2.57 bits per heavy atom. The Labute approximate surface area is 167 Å². The normalized spacial score (nSPS) is 12.1. The summed E-state index contributed by atoms with van der Waals surface area (Å²) in [4.78, 5) is 16.9. The number of nitrogens with one attached hydrogen (secondary N) is 2. The van der Waals surface area contributed by atoms with Gasteiger partial charge in [-0.25, -0.2) is 18.1 Å². The second-order valence-corrected chi connectivity index (χ2v) is 9.83. The van der Waals surface area contributed by atoms with Crippen molar-refractivity contribution in [2.75, 3.05) is 5.32 Å². The SMILES string of the molecule is Cc1ccc(-c2nc(C(=O)Nc3cccc(S(=O)(=O)NC(C)(C)C)c3)cs2)o1. The van der Waals surface area contributed by atoms with E-state index >= 15 is 0 Å². The highest BCUT2D eigenvalue weighted by Gasteiger charge is 2.22. The Hall–Kier alpha value is -2.49. The van der Waals surface area contributed by atoms with Gasteiger partial charge >= 0.3 is 0 Å². The summed E-state index contributed by atoms with van der Waals surface area (Å²) in [5, 5.41) is 4.92. The van der Waals surface area contributed by atoms with Crippen LogP contribution in [0.3, 0.4) is 0 Å². The molecule has 2 heterocycles. The Balaban J connectivity index is 1.77. The molecule has 7 nitrogen and oxygen atoms in total. The van der Waals surface area contributed by atoms with Crippen LogP contribution in [0.4, 0.5) is 5.69 Å². The summed E-state index contributed by atoms with van der Waals surface area (Å²) in [6.07, 6.45) is 0. The third kappa shape index (κ3) is 4.86. The van der Waals surface area contributed by atoms with E-state index < -0.39 is 21.5 Å². The van der Waals surface area contributed by atoms with Crippen LogP contribution >= 0.6 is 11.3 Å². The Morgan fingerprint density at radius 1 is 1.18 bits per heavy atom. The quantitative estimate of drug-likeness (QED) is 0.650. The number of aromatic nitrogens is 1. The van der Waals surface area contributed by atoms with Crippen LogP contribution in [0.15, 0.2) is 51.1 Å². The average molecular weight is 420 g/mol. The van der Waals surface area contributed by atoms with Crippen LogP contribution in [-0.2, 0) is 10.0 Å². The number of anilines is 1. The number of sulfonamides is 1. The topological polar surface area (TPSA) is 101 Å². The zero-order chi connectivity index (χ0) is 20.5. The van der Waals surface area contributed by atoms with Crippen LogP contribution in [-0.4, -0.2) is 24.8 Å². The van der Waals surface area contributed by atoms with Gasteiger partial charge in [0.15, 0.2) is 10.8 Å². The minimum Gasteiger partial charge on any atom is -0.459 e. The molecule has 1 amide bonds. The van der Waals surface area contributed by atoms with E-state index in [2.05, 4.69) is 15.0 Å². The fourth-order valence-electron chi connectivity index (χ4n) is 2.44. The summed E-state index contributed by atoms with van der Waals surface area (Å²) in [7, 11) is -3.70. The third-order valence-corrected chi connectivity index (χ3v) is 6.14. The first-order valence-electron chi connectivity index (χ1n) is 8.51. The van der Waals surface area contributed by atoms with E-state index in [0.29, 0.717) is 16.5 Å². The molecule has 0 aliphatic carbocycles. The number of carbonyl (C=O) groups excluding carboxylic acids is 1. The minimum absolute atomic E-state index is 0.0743. The predicted molar refractivity (Wildman–Crippen MR) is 109 cm³/mol. The summed E-state index contributed by atoms with van der Waals surface area (Å²) in [5.41, 5.74) is -0.0143. The summed E-state index contributed by atoms with van der Waals surface area (Å²) in [6.45, 7) is 7.11. The van der Waals surface area contributed by atoms with Crippen molar-refractivity contribution in [3.8, 4) is 10.8 Å². The van der Waals surface area contributed by atoms with Gasteiger partial charge in [-0.3, -0.25) is 4.79 Å². The smallest absolute Gasteiger partial charge is 0.275 e. The van der Waals surface area contributed by atoms with E-state index in [0.717, 1.165) is 5.76 Å². The highest BCUT2D eigenvalue weighted by Crippen LogP contribution is 2.26. The molecule has 0 bridgehead atoms. The Morgan fingerprint density at radius 2 is 1.93 bits per heavy atom. The van der Waals surface area contributed by atoms with Crippen molar-refractivity contribution in [2.24, 2.45) is 0 Å². The zero-order valence-corrected chi connectivity index (χ0v) is 17.6. The van der Waals surface area contributed by atoms with Gasteiger partial charge in [0.2, 0.25) is 10.0 Å². The number of thiazole rings is 1. The number of hydrogen-bond donors (Lipinski definition) is 2. The van der Waals surface area contributed by atoms with Crippen molar-refractivity contribution < 1.29 is 17.6 Å². The number of benzene rings is 1. The predicted octanol–water partition coefficient (Wildman–Crippen LogP) is 4.04. The van der Waals surface area contributed by atoms with Crippen molar-refractivity contribution in [3.05, 3.63) is 53.2 Å². The van der Waals surface area contributed by atoms with Gasteiger partial charge in [0.05, 0.1) is 4.90 Å². The van der Waals surface area contributed by atoms with Gasteiger partial charge in [-0.2, -0.15) is 0 Å². The molecule has 0 aliphatic heterocycles. The maximum Gasteiger partial charge on any atom is 0.275 e. The van der Waals surface area contributed by atoms with E-state index in [4.69, 9.17) is 4.42 Å². The zero-order valence-electron chi connectivity index (χ0n) is 15.9. The Bertz CT molecular complexity index is 1110. The van der Waals surface area contributed by atoms with Crippen LogP contribution < -0.4 is 10.0 Å². The molecule has 1 aromatic carbocycles. The highest BCUT2D eigenvalue weighted by molar-refractivity contribution is 7.89. The van der Waals surface area contributed by atoms with E-state index in [1.54, 1.807) is 44.4 Å². The maximum absolute atomic E-state index is 12.5. The van der Waals surface area contributed by atoms with Crippen molar-refractivity contribution >= 4 is 33.0 Å². The lowest BCUT2D eigenvalue weighted by Crippen LogP contribution is -2.40. The third-order valence-electron chi connectivity index (χ3n) is 3.53. The number of amides is 1. The first kappa shape index (κ1) is 20.2. The molecule has 3 aromatic rings. The molecule has 3 rings (SSSR count). The van der Waals surface area contributed by atoms with Gasteiger partial charge in [-0.05, 0) is 58.0 Å². The summed E-state index contributed by atoms with van der Waals surface area (Å²) in [6, 6.07) is 9.71. The van der Waals surface area contributed by atoms with E-state index in [1.807, 2.05) is 13.0 Å². The molecule has 2 N–H and O–H groups in total. The van der Waals surface area contributed by atoms with Gasteiger partial charge in [0.25, 0.3) is 5.91 Å². The lowest BCUT2D eigenvalue weighted by atomic mass is 10.1. The number of furan rings is 1. The van der Waals surface area contributed by atoms with Crippen LogP contribution in [0.2, 0.25) is 0 Å². The molecule has 0 spiro atoms. The number of rotatable bonds is 5. The summed E-state index contributed by atoms with van der Waals surface area (Å²) >= 11 is 1.30. The molecule has 0 saturated carbocycles. The minimum atomic E-state index is -3.70. The molecule has 2 aromatic heterocycles. The molecule has 148 valence electrons. The molecule has 0 atom stereocenters. The first-order valence-corrected chi connectivity index (χ1v) is 10.9. The largest absolute Gasteiger partial charge is 0.459 e. The van der Waals surface area contributed by atoms with Crippen molar-refractivity contribution in [2.45, 2.75) is 38.1 Å². The van der Waals surface area contributed by atoms with E-state index in [9.17, 15) is 13.2 Å². The summed E-state index contributed by atoms with van der Waals surface area (Å²) < 4.78 is 33.0. The molecule has 0 aliphatic rings. The van der Waals surface area contributed by atoms with Gasteiger partial charge in [0.1, 0.15) is 11.5 Å². The van der Waals surface area contributed by atoms with Gasteiger partial charge in [0, 0.05) is 16.6 Å². The van der Waals surface area contributed by atoms with Gasteiger partial charge < -0.3 is 9.73 Å². The fourth-order valence-corrected chi connectivity index (χ4v) is 4.66. The van der Waals surface area contributed by atoms with Crippen molar-refractivity contribution in [1.29, 1.82) is 0 Å². The second-order valence-electron chi connectivity index (χ2n) is 7.29. The molecular formula is C19H21N3O4S2. The van der Waals surface area contributed by atoms with Crippen LogP contribution in [0.25, 0.3) is 10.8 Å². The molecule has 0 fully saturated rings. The lowest BCUT2D eigenvalue weighted by molar-refractivity contribution is 0.102.